The molecule has 2 aliphatic heterocycles. The molecule has 2 aliphatic rings. The first kappa shape index (κ1) is 30.8. The Morgan fingerprint density at radius 1 is 1.24 bits per heavy atom. The molecule has 0 saturated carbocycles. The molecule has 15 heteroatoms. The van der Waals surface area contributed by atoms with Crippen molar-refractivity contribution in [3.63, 3.8) is 0 Å². The minimum atomic E-state index is -1.38. The number of ether oxygens (including phenoxy) is 3. The first-order valence-corrected chi connectivity index (χ1v) is 14.4. The van der Waals surface area contributed by atoms with Crippen LogP contribution in [0.15, 0.2) is 47.1 Å². The molecule has 3 aromatic rings. The van der Waals surface area contributed by atoms with E-state index in [1.807, 2.05) is 0 Å². The Balaban J connectivity index is 1.55. The molecule has 0 aliphatic carbocycles. The van der Waals surface area contributed by atoms with E-state index in [0.29, 0.717) is 31.5 Å². The third-order valence-electron chi connectivity index (χ3n) is 7.29. The third-order valence-corrected chi connectivity index (χ3v) is 8.49. The van der Waals surface area contributed by atoms with Crippen molar-refractivity contribution in [2.75, 3.05) is 31.8 Å². The Morgan fingerprint density at radius 3 is 2.67 bits per heavy atom. The van der Waals surface area contributed by atoms with Gasteiger partial charge < -0.3 is 34.4 Å². The number of nitrogens with zero attached hydrogens (tertiary/aromatic N) is 5. The molecular weight excluding hydrogens is 657 g/mol. The normalized spacial score (nSPS) is 27.5. The van der Waals surface area contributed by atoms with Crippen molar-refractivity contribution in [2.45, 2.75) is 42.6 Å². The lowest BCUT2D eigenvalue weighted by atomic mass is 9.91. The number of anilines is 1. The van der Waals surface area contributed by atoms with Gasteiger partial charge in [0.25, 0.3) is 5.91 Å². The fraction of sp³-hybridized carbons (Fsp3) is 0.407. The van der Waals surface area contributed by atoms with Gasteiger partial charge in [0, 0.05) is 22.8 Å². The summed E-state index contributed by atoms with van der Waals surface area (Å²) in [5.74, 6) is -0.640. The number of hydrogen-bond donors (Lipinski definition) is 3. The minimum Gasteiger partial charge on any atom is -0.394 e. The summed E-state index contributed by atoms with van der Waals surface area (Å²) < 4.78 is 19.1. The van der Waals surface area contributed by atoms with Crippen molar-refractivity contribution in [1.82, 2.24) is 15.0 Å². The maximum Gasteiger partial charge on any atom is 0.259 e. The number of rotatable bonds is 7. The average Bonchev–Trinajstić information content (AvgIpc) is 3.63. The van der Waals surface area contributed by atoms with E-state index in [9.17, 15) is 25.4 Å². The summed E-state index contributed by atoms with van der Waals surface area (Å²) in [4.78, 5) is 15.7. The van der Waals surface area contributed by atoms with Gasteiger partial charge in [-0.05, 0) is 30.3 Å². The molecule has 2 fully saturated rings. The molecule has 0 bridgehead atoms. The molecule has 1 amide bonds. The Kier molecular flexibility index (Phi) is 9.48. The maximum absolute atomic E-state index is 14.4. The van der Waals surface area contributed by atoms with Gasteiger partial charge in [0.2, 0.25) is 0 Å². The molecule has 7 atom stereocenters. The quantitative estimate of drug-likeness (QED) is 0.337. The smallest absolute Gasteiger partial charge is 0.259 e. The van der Waals surface area contributed by atoms with Gasteiger partial charge in [-0.25, -0.2) is 4.68 Å². The summed E-state index contributed by atoms with van der Waals surface area (Å²) in [6.45, 7) is -0.585. The van der Waals surface area contributed by atoms with Crippen LogP contribution in [0.1, 0.15) is 11.6 Å². The average molecular weight is 683 g/mol. The van der Waals surface area contributed by atoms with Gasteiger partial charge in [-0.15, -0.1) is 5.10 Å². The zero-order chi connectivity index (χ0) is 30.1. The molecule has 12 nitrogen and oxygen atoms in total. The Hall–Kier alpha value is -2.64. The molecule has 42 heavy (non-hydrogen) atoms. The van der Waals surface area contributed by atoms with Crippen LogP contribution < -0.4 is 4.90 Å². The van der Waals surface area contributed by atoms with Gasteiger partial charge >= 0.3 is 0 Å². The van der Waals surface area contributed by atoms with Crippen molar-refractivity contribution in [2.24, 2.45) is 0 Å². The number of aliphatic hydroxyl groups excluding tert-OH is 3. The highest BCUT2D eigenvalue weighted by atomic mass is 79.9. The number of halogens is 3. The summed E-state index contributed by atoms with van der Waals surface area (Å²) in [6.07, 6.45) is -4.52. The number of hydrogen-bond acceptors (Lipinski definition) is 10. The zero-order valence-electron chi connectivity index (χ0n) is 22.0. The molecule has 2 saturated heterocycles. The third kappa shape index (κ3) is 5.92. The fourth-order valence-electron chi connectivity index (χ4n) is 5.24. The topological polar surface area (TPSA) is 163 Å². The number of aliphatic hydroxyl groups is 3. The van der Waals surface area contributed by atoms with Crippen LogP contribution in [-0.2, 0) is 19.0 Å². The highest BCUT2D eigenvalue weighted by Gasteiger charge is 2.52. The number of nitriles is 1. The van der Waals surface area contributed by atoms with E-state index in [-0.39, 0.29) is 18.8 Å². The number of amides is 1. The lowest BCUT2D eigenvalue weighted by molar-refractivity contribution is -0.211. The van der Waals surface area contributed by atoms with Crippen molar-refractivity contribution >= 4 is 50.7 Å². The first-order valence-electron chi connectivity index (χ1n) is 12.8. The van der Waals surface area contributed by atoms with Crippen LogP contribution in [0, 0.1) is 11.3 Å². The van der Waals surface area contributed by atoms with Gasteiger partial charge in [0.05, 0.1) is 53.7 Å². The van der Waals surface area contributed by atoms with Gasteiger partial charge in [0.15, 0.2) is 6.10 Å². The van der Waals surface area contributed by atoms with Crippen LogP contribution in [0.4, 0.5) is 5.69 Å². The van der Waals surface area contributed by atoms with Crippen LogP contribution in [0.25, 0.3) is 11.3 Å². The Morgan fingerprint density at radius 2 is 2.02 bits per heavy atom. The number of methoxy groups -OCH3 is 1. The van der Waals surface area contributed by atoms with Gasteiger partial charge in [0.1, 0.15) is 36.2 Å². The molecule has 0 spiro atoms. The van der Waals surface area contributed by atoms with Crippen LogP contribution in [0.5, 0.6) is 0 Å². The van der Waals surface area contributed by atoms with E-state index < -0.39 is 55.1 Å². The van der Waals surface area contributed by atoms with E-state index >= 15 is 0 Å². The molecule has 3 heterocycles. The second kappa shape index (κ2) is 12.9. The fourth-order valence-corrected chi connectivity index (χ4v) is 6.02. The van der Waals surface area contributed by atoms with Crippen LogP contribution >= 0.6 is 39.1 Å². The molecule has 3 N–H and O–H groups in total. The monoisotopic (exact) mass is 681 g/mol. The summed E-state index contributed by atoms with van der Waals surface area (Å²) >= 11 is 15.6. The standard InChI is InChI=1S/C27H26BrCl2N5O7/c1-40-25-23(34-9-19(32-33-34)14-2-3-17(29)18(30)6-14)24(38)22(10-36)42-26(25)27(39)35(20-11-41-12-21(20)37)16-5-13(8-31)4-15(28)7-16/h2-7,9,20-26,36-38H,10-12H2,1H3/t20-,21-,22+,23-,24-,25+,26+/m0/s1. The van der Waals surface area contributed by atoms with Crippen molar-refractivity contribution in [1.29, 1.82) is 5.26 Å². The molecule has 2 aromatic carbocycles. The van der Waals surface area contributed by atoms with E-state index in [1.165, 1.54) is 22.8 Å². The lowest BCUT2D eigenvalue weighted by Crippen LogP contribution is -2.63. The number of benzene rings is 2. The molecule has 5 rings (SSSR count). The molecule has 222 valence electrons. The zero-order valence-corrected chi connectivity index (χ0v) is 25.1. The first-order chi connectivity index (χ1) is 20.2. The van der Waals surface area contributed by atoms with Gasteiger partial charge in [-0.1, -0.05) is 50.4 Å². The second-order valence-corrected chi connectivity index (χ2v) is 11.6. The second-order valence-electron chi connectivity index (χ2n) is 9.86. The van der Waals surface area contributed by atoms with E-state index in [1.54, 1.807) is 36.5 Å². The minimum absolute atomic E-state index is 0.00381. The largest absolute Gasteiger partial charge is 0.394 e. The summed E-state index contributed by atoms with van der Waals surface area (Å²) in [6, 6.07) is 9.89. The van der Waals surface area contributed by atoms with Gasteiger partial charge in [-0.2, -0.15) is 5.26 Å². The Bertz CT molecular complexity index is 1500. The van der Waals surface area contributed by atoms with Crippen molar-refractivity contribution in [3.05, 3.63) is 62.7 Å². The predicted octanol–water partition coefficient (Wildman–Crippen LogP) is 2.36. The SMILES string of the molecule is CO[C@@H]1[C@@H](n2cc(-c3ccc(Cl)c(Cl)c3)nn2)[C@@H](O)[C@@H](CO)O[C@H]1C(=O)N(c1cc(Br)cc(C#N)c1)[C@H]1COC[C@@H]1O. The Labute approximate surface area is 259 Å². The van der Waals surface area contributed by atoms with Crippen LogP contribution in [0.3, 0.4) is 0 Å². The summed E-state index contributed by atoms with van der Waals surface area (Å²) in [5.41, 5.74) is 1.61. The lowest BCUT2D eigenvalue weighted by Gasteiger charge is -2.45. The molecule has 1 aromatic heterocycles. The van der Waals surface area contributed by atoms with Crippen molar-refractivity contribution in [3.8, 4) is 17.3 Å². The van der Waals surface area contributed by atoms with E-state index in [2.05, 4.69) is 32.3 Å². The van der Waals surface area contributed by atoms with Crippen molar-refractivity contribution < 1.29 is 34.3 Å². The number of aromatic nitrogens is 3. The van der Waals surface area contributed by atoms with Crippen LogP contribution in [-0.4, -0.2) is 99.7 Å². The highest BCUT2D eigenvalue weighted by Crippen LogP contribution is 2.36. The highest BCUT2D eigenvalue weighted by molar-refractivity contribution is 9.10. The van der Waals surface area contributed by atoms with E-state index in [4.69, 9.17) is 37.4 Å². The predicted molar refractivity (Wildman–Crippen MR) is 154 cm³/mol. The molecule has 0 radical (unpaired) electrons. The molecule has 0 unspecified atom stereocenters. The summed E-state index contributed by atoms with van der Waals surface area (Å²) in [5, 5.41) is 50.7. The van der Waals surface area contributed by atoms with E-state index in [0.717, 1.165) is 0 Å². The van der Waals surface area contributed by atoms with Gasteiger partial charge in [-0.3, -0.25) is 4.79 Å². The molecular formula is C27H26BrCl2N5O7. The summed E-state index contributed by atoms with van der Waals surface area (Å²) in [7, 11) is 1.36. The van der Waals surface area contributed by atoms with Crippen LogP contribution in [0.2, 0.25) is 10.0 Å². The number of carbonyl (C=O) groups excluding carboxylic acids is 1. The number of carbonyl (C=O) groups is 1. The maximum atomic E-state index is 14.4.